The van der Waals surface area contributed by atoms with Gasteiger partial charge in [-0.15, -0.1) is 0 Å². The Morgan fingerprint density at radius 1 is 0.767 bits per heavy atom. The molecule has 0 atom stereocenters. The molecule has 3 nitrogen and oxygen atoms in total. The van der Waals surface area contributed by atoms with E-state index in [-0.39, 0.29) is 0 Å². The van der Waals surface area contributed by atoms with Crippen molar-refractivity contribution < 1.29 is 14.3 Å². The predicted octanol–water partition coefficient (Wildman–Crippen LogP) is 7.12. The van der Waals surface area contributed by atoms with Crippen molar-refractivity contribution in [2.75, 3.05) is 0 Å². The molecule has 144 valence electrons. The molecule has 3 heteroatoms. The maximum Gasteiger partial charge on any atom is 0.336 e. The minimum Gasteiger partial charge on any atom is -0.478 e. The average Bonchev–Trinajstić information content (AvgIpc) is 3.23. The number of aromatic carboxylic acids is 1. The van der Waals surface area contributed by atoms with Gasteiger partial charge in [-0.3, -0.25) is 0 Å². The van der Waals surface area contributed by atoms with Crippen molar-refractivity contribution in [3.05, 3.63) is 108 Å². The monoisotopic (exact) mass is 390 g/mol. The summed E-state index contributed by atoms with van der Waals surface area (Å²) in [6.07, 6.45) is 3.74. The molecular weight excluding hydrogens is 372 g/mol. The highest BCUT2D eigenvalue weighted by molar-refractivity contribution is 6.07. The largest absolute Gasteiger partial charge is 0.478 e. The van der Waals surface area contributed by atoms with E-state index in [1.807, 2.05) is 60.7 Å². The van der Waals surface area contributed by atoms with E-state index in [4.69, 9.17) is 4.42 Å². The van der Waals surface area contributed by atoms with Crippen LogP contribution in [0.5, 0.6) is 0 Å². The molecule has 5 rings (SSSR count). The molecular formula is C27H18O3. The third-order valence-corrected chi connectivity index (χ3v) is 5.27. The first-order chi connectivity index (χ1) is 14.7. The molecule has 0 aliphatic heterocycles. The standard InChI is InChI=1S/C27H18O3/c28-27(29)23-8-4-2-6-20(23)12-9-18-10-13-21(14-11-18)26-17-24-22-7-3-1-5-19(22)15-16-25(24)30-26/h1-17H,(H,28,29). The van der Waals surface area contributed by atoms with Gasteiger partial charge in [0.05, 0.1) is 5.56 Å². The molecule has 1 N–H and O–H groups in total. The van der Waals surface area contributed by atoms with Crippen molar-refractivity contribution in [3.8, 4) is 11.3 Å². The first kappa shape index (κ1) is 18.0. The summed E-state index contributed by atoms with van der Waals surface area (Å²) in [4.78, 5) is 11.3. The smallest absolute Gasteiger partial charge is 0.336 e. The van der Waals surface area contributed by atoms with E-state index in [1.54, 1.807) is 18.2 Å². The maximum absolute atomic E-state index is 11.3. The van der Waals surface area contributed by atoms with Crippen molar-refractivity contribution in [2.45, 2.75) is 0 Å². The first-order valence-corrected chi connectivity index (χ1v) is 9.71. The van der Waals surface area contributed by atoms with Crippen LogP contribution in [0.3, 0.4) is 0 Å². The van der Waals surface area contributed by atoms with Gasteiger partial charge in [0, 0.05) is 10.9 Å². The predicted molar refractivity (Wildman–Crippen MR) is 121 cm³/mol. The lowest BCUT2D eigenvalue weighted by Crippen LogP contribution is -1.98. The molecule has 0 spiro atoms. The molecule has 0 radical (unpaired) electrons. The van der Waals surface area contributed by atoms with Crippen LogP contribution < -0.4 is 0 Å². The van der Waals surface area contributed by atoms with E-state index in [9.17, 15) is 9.90 Å². The Hall–Kier alpha value is -4.11. The summed E-state index contributed by atoms with van der Waals surface area (Å²) in [7, 11) is 0. The summed E-state index contributed by atoms with van der Waals surface area (Å²) >= 11 is 0. The molecule has 30 heavy (non-hydrogen) atoms. The molecule has 5 aromatic rings. The Morgan fingerprint density at radius 2 is 1.53 bits per heavy atom. The summed E-state index contributed by atoms with van der Waals surface area (Å²) in [5.41, 5.74) is 3.83. The maximum atomic E-state index is 11.3. The number of carboxylic acid groups (broad SMARTS) is 1. The van der Waals surface area contributed by atoms with E-state index < -0.39 is 5.97 Å². The Balaban J connectivity index is 1.45. The van der Waals surface area contributed by atoms with Crippen molar-refractivity contribution >= 4 is 39.9 Å². The van der Waals surface area contributed by atoms with E-state index in [2.05, 4.69) is 24.3 Å². The fourth-order valence-electron chi connectivity index (χ4n) is 3.72. The number of fused-ring (bicyclic) bond motifs is 3. The lowest BCUT2D eigenvalue weighted by molar-refractivity contribution is 0.0696. The highest BCUT2D eigenvalue weighted by Gasteiger charge is 2.09. The molecule has 1 heterocycles. The summed E-state index contributed by atoms with van der Waals surface area (Å²) in [5.74, 6) is -0.101. The zero-order valence-electron chi connectivity index (χ0n) is 16.1. The zero-order valence-corrected chi connectivity index (χ0v) is 16.1. The number of hydrogen-bond donors (Lipinski definition) is 1. The fraction of sp³-hybridized carbons (Fsp3) is 0. The lowest BCUT2D eigenvalue weighted by Gasteiger charge is -2.01. The van der Waals surface area contributed by atoms with Crippen LogP contribution in [0.2, 0.25) is 0 Å². The van der Waals surface area contributed by atoms with Crippen molar-refractivity contribution in [1.29, 1.82) is 0 Å². The third kappa shape index (κ3) is 3.27. The number of carboxylic acids is 1. The summed E-state index contributed by atoms with van der Waals surface area (Å²) in [5, 5.41) is 12.8. The van der Waals surface area contributed by atoms with Crippen molar-refractivity contribution in [3.63, 3.8) is 0 Å². The number of carbonyl (C=O) groups is 1. The summed E-state index contributed by atoms with van der Waals surface area (Å²) in [6, 6.07) is 29.5. The summed E-state index contributed by atoms with van der Waals surface area (Å²) < 4.78 is 6.09. The molecule has 0 saturated heterocycles. The highest BCUT2D eigenvalue weighted by Crippen LogP contribution is 2.33. The van der Waals surface area contributed by atoms with Gasteiger partial charge in [-0.25, -0.2) is 4.79 Å². The van der Waals surface area contributed by atoms with Gasteiger partial charge in [0.25, 0.3) is 0 Å². The van der Waals surface area contributed by atoms with Crippen LogP contribution in [0.15, 0.2) is 95.4 Å². The normalized spacial score (nSPS) is 11.5. The molecule has 4 aromatic carbocycles. The third-order valence-electron chi connectivity index (χ3n) is 5.27. The molecule has 0 unspecified atom stereocenters. The van der Waals surface area contributed by atoms with Crippen LogP contribution in [-0.4, -0.2) is 11.1 Å². The average molecular weight is 390 g/mol. The number of benzene rings is 4. The van der Waals surface area contributed by atoms with Crippen LogP contribution >= 0.6 is 0 Å². The zero-order chi connectivity index (χ0) is 20.5. The van der Waals surface area contributed by atoms with Gasteiger partial charge in [0.2, 0.25) is 0 Å². The number of furan rings is 1. The Labute approximate surface area is 173 Å². The van der Waals surface area contributed by atoms with Gasteiger partial charge in [0.15, 0.2) is 0 Å². The number of rotatable bonds is 4. The second-order valence-electron chi connectivity index (χ2n) is 7.16. The number of hydrogen-bond acceptors (Lipinski definition) is 2. The van der Waals surface area contributed by atoms with Gasteiger partial charge in [-0.1, -0.05) is 84.9 Å². The molecule has 0 fully saturated rings. The van der Waals surface area contributed by atoms with Gasteiger partial charge in [-0.2, -0.15) is 0 Å². The quantitative estimate of drug-likeness (QED) is 0.332. The minimum absolute atomic E-state index is 0.292. The molecule has 0 amide bonds. The second kappa shape index (κ2) is 7.37. The summed E-state index contributed by atoms with van der Waals surface area (Å²) in [6.45, 7) is 0. The lowest BCUT2D eigenvalue weighted by atomic mass is 10.0. The topological polar surface area (TPSA) is 50.4 Å². The van der Waals surface area contributed by atoms with Crippen molar-refractivity contribution in [1.82, 2.24) is 0 Å². The first-order valence-electron chi connectivity index (χ1n) is 9.71. The highest BCUT2D eigenvalue weighted by atomic mass is 16.4. The van der Waals surface area contributed by atoms with Crippen molar-refractivity contribution in [2.24, 2.45) is 0 Å². The van der Waals surface area contributed by atoms with Gasteiger partial charge in [-0.05, 0) is 40.1 Å². The van der Waals surface area contributed by atoms with Gasteiger partial charge in [0.1, 0.15) is 11.3 Å². The van der Waals surface area contributed by atoms with Crippen LogP contribution in [0.1, 0.15) is 21.5 Å². The Morgan fingerprint density at radius 3 is 2.37 bits per heavy atom. The van der Waals surface area contributed by atoms with E-state index >= 15 is 0 Å². The van der Waals surface area contributed by atoms with Crippen LogP contribution in [0, 0.1) is 0 Å². The second-order valence-corrected chi connectivity index (χ2v) is 7.16. The van der Waals surface area contributed by atoms with Gasteiger partial charge < -0.3 is 9.52 Å². The van der Waals surface area contributed by atoms with Crippen LogP contribution in [0.25, 0.3) is 45.2 Å². The molecule has 0 aliphatic rings. The molecule has 1 aromatic heterocycles. The molecule has 0 aliphatic carbocycles. The van der Waals surface area contributed by atoms with Crippen LogP contribution in [0.4, 0.5) is 0 Å². The van der Waals surface area contributed by atoms with Gasteiger partial charge >= 0.3 is 5.97 Å². The fourth-order valence-corrected chi connectivity index (χ4v) is 3.72. The van der Waals surface area contributed by atoms with Crippen LogP contribution in [-0.2, 0) is 0 Å². The Bertz CT molecular complexity index is 1410. The molecule has 0 bridgehead atoms. The SMILES string of the molecule is O=C(O)c1ccccc1C=Cc1ccc(-c2cc3c(ccc4ccccc43)o2)cc1. The van der Waals surface area contributed by atoms with E-state index in [0.717, 1.165) is 27.9 Å². The molecule has 0 saturated carbocycles. The van der Waals surface area contributed by atoms with E-state index in [0.29, 0.717) is 11.1 Å². The minimum atomic E-state index is -0.928. The van der Waals surface area contributed by atoms with E-state index in [1.165, 1.54) is 10.8 Å². The Kier molecular flexibility index (Phi) is 4.41.